The minimum Gasteiger partial charge on any atom is -0.286 e. The lowest BCUT2D eigenvalue weighted by Gasteiger charge is -2.05. The van der Waals surface area contributed by atoms with Gasteiger partial charge in [0.1, 0.15) is 0 Å². The summed E-state index contributed by atoms with van der Waals surface area (Å²) in [4.78, 5) is 0. The van der Waals surface area contributed by atoms with E-state index in [0.717, 1.165) is 17.6 Å². The summed E-state index contributed by atoms with van der Waals surface area (Å²) in [5, 5.41) is 0. The smallest absolute Gasteiger partial charge is 0.225 e. The topological polar surface area (TPSA) is 26.3 Å². The normalized spacial score (nSPS) is 11.6. The van der Waals surface area contributed by atoms with Crippen LogP contribution >= 0.6 is 0 Å². The van der Waals surface area contributed by atoms with Gasteiger partial charge in [0, 0.05) is 0 Å². The highest BCUT2D eigenvalue weighted by atomic mass is 17.0. The van der Waals surface area contributed by atoms with Crippen molar-refractivity contribution in [1.29, 1.82) is 0 Å². The first-order chi connectivity index (χ1) is 5.75. The van der Waals surface area contributed by atoms with Crippen molar-refractivity contribution in [2.24, 2.45) is 5.92 Å². The summed E-state index contributed by atoms with van der Waals surface area (Å²) in [6, 6.07) is 6.08. The third kappa shape index (κ3) is 1.24. The third-order valence-electron chi connectivity index (χ3n) is 1.87. The Morgan fingerprint density at radius 3 is 2.42 bits per heavy atom. The second-order valence-corrected chi connectivity index (χ2v) is 3.55. The minimum atomic E-state index is 0.684. The molecule has 0 saturated carbocycles. The van der Waals surface area contributed by atoms with Gasteiger partial charge in [-0.2, -0.15) is 0 Å². The van der Waals surface area contributed by atoms with E-state index in [-0.39, 0.29) is 0 Å². The van der Waals surface area contributed by atoms with Gasteiger partial charge in [-0.15, -0.1) is 0 Å². The zero-order valence-corrected chi connectivity index (χ0v) is 7.33. The molecule has 1 aromatic carbocycles. The molecule has 1 heterocycles. The van der Waals surface area contributed by atoms with E-state index in [0.29, 0.717) is 5.92 Å². The van der Waals surface area contributed by atoms with Gasteiger partial charge in [-0.3, -0.25) is 9.15 Å². The number of fused-ring (bicyclic) bond motifs is 1. The van der Waals surface area contributed by atoms with Crippen LogP contribution in [0.4, 0.5) is 0 Å². The Morgan fingerprint density at radius 1 is 1.17 bits per heavy atom. The Kier molecular flexibility index (Phi) is 1.68. The van der Waals surface area contributed by atoms with Gasteiger partial charge >= 0.3 is 0 Å². The third-order valence-corrected chi connectivity index (χ3v) is 1.87. The van der Waals surface area contributed by atoms with E-state index < -0.39 is 0 Å². The molecule has 0 N–H and O–H groups in total. The molecule has 0 amide bonds. The van der Waals surface area contributed by atoms with Crippen molar-refractivity contribution in [2.75, 3.05) is 0 Å². The van der Waals surface area contributed by atoms with E-state index >= 15 is 0 Å². The molecule has 0 spiro atoms. The first-order valence-corrected chi connectivity index (χ1v) is 4.23. The zero-order chi connectivity index (χ0) is 8.55. The maximum atomic E-state index is 4.80. The number of hydrogen-bond acceptors (Lipinski definition) is 2. The molecule has 2 aromatic rings. The van der Waals surface area contributed by atoms with Gasteiger partial charge in [-0.1, -0.05) is 19.9 Å². The standard InChI is InChI=1S/C10H12O2/c1-7(2)5-8-3-4-9-10(6-8)12-11-9/h3-4,6-7H,5H2,1-2H3. The molecule has 0 fully saturated rings. The molecule has 2 nitrogen and oxygen atoms in total. The highest BCUT2D eigenvalue weighted by Gasteiger charge is 2.05. The fourth-order valence-corrected chi connectivity index (χ4v) is 1.34. The first kappa shape index (κ1) is 7.47. The predicted octanol–water partition coefficient (Wildman–Crippen LogP) is 3.22. The van der Waals surface area contributed by atoms with Crippen LogP contribution < -0.4 is 0 Å². The van der Waals surface area contributed by atoms with Crippen LogP contribution in [-0.2, 0) is 6.42 Å². The van der Waals surface area contributed by atoms with Crippen LogP contribution in [0.25, 0.3) is 11.2 Å². The molecule has 0 aliphatic rings. The summed E-state index contributed by atoms with van der Waals surface area (Å²) in [7, 11) is 0. The second kappa shape index (κ2) is 2.70. The Bertz CT molecular complexity index is 368. The number of rotatable bonds is 2. The molecule has 2 heteroatoms. The Morgan fingerprint density at radius 2 is 1.92 bits per heavy atom. The molecule has 0 radical (unpaired) electrons. The minimum absolute atomic E-state index is 0.684. The molecular formula is C10H12O2. The fourth-order valence-electron chi connectivity index (χ4n) is 1.34. The van der Waals surface area contributed by atoms with Crippen LogP contribution in [0.5, 0.6) is 0 Å². The van der Waals surface area contributed by atoms with Crippen LogP contribution in [0.1, 0.15) is 19.4 Å². The first-order valence-electron chi connectivity index (χ1n) is 4.23. The van der Waals surface area contributed by atoms with Gasteiger partial charge in [0.15, 0.2) is 0 Å². The highest BCUT2D eigenvalue weighted by Crippen LogP contribution is 2.20. The van der Waals surface area contributed by atoms with Crippen molar-refractivity contribution in [3.05, 3.63) is 23.8 Å². The van der Waals surface area contributed by atoms with Gasteiger partial charge < -0.3 is 0 Å². The average molecular weight is 164 g/mol. The summed E-state index contributed by atoms with van der Waals surface area (Å²) in [6.45, 7) is 4.41. The van der Waals surface area contributed by atoms with Crippen LogP contribution in [0.3, 0.4) is 0 Å². The van der Waals surface area contributed by atoms with Crippen molar-refractivity contribution < 1.29 is 9.15 Å². The Balaban J connectivity index is 2.27. The van der Waals surface area contributed by atoms with E-state index in [1.807, 2.05) is 12.1 Å². The van der Waals surface area contributed by atoms with Crippen molar-refractivity contribution in [2.45, 2.75) is 20.3 Å². The largest absolute Gasteiger partial charge is 0.286 e. The lowest BCUT2D eigenvalue weighted by atomic mass is 10.0. The molecule has 64 valence electrons. The summed E-state index contributed by atoms with van der Waals surface area (Å²) in [5.74, 6) is 0.684. The van der Waals surface area contributed by atoms with Gasteiger partial charge in [0.05, 0.1) is 0 Å². The summed E-state index contributed by atoms with van der Waals surface area (Å²) < 4.78 is 9.53. The fraction of sp³-hybridized carbons (Fsp3) is 0.400. The van der Waals surface area contributed by atoms with Gasteiger partial charge in [-0.05, 0) is 30.0 Å². The SMILES string of the molecule is CC(C)Cc1ccc2ooc2c1. The number of hydrogen-bond donors (Lipinski definition) is 0. The van der Waals surface area contributed by atoms with Crippen LogP contribution in [0.15, 0.2) is 27.4 Å². The van der Waals surface area contributed by atoms with Crippen LogP contribution in [-0.4, -0.2) is 0 Å². The predicted molar refractivity (Wildman–Crippen MR) is 47.0 cm³/mol. The Labute approximate surface area is 71.1 Å². The molecule has 0 unspecified atom stereocenters. The Hall–Kier alpha value is -1.18. The molecule has 2 rings (SSSR count). The molecule has 12 heavy (non-hydrogen) atoms. The molecule has 0 aliphatic carbocycles. The van der Waals surface area contributed by atoms with Crippen molar-refractivity contribution >= 4 is 11.2 Å². The monoisotopic (exact) mass is 164 g/mol. The number of benzene rings is 1. The van der Waals surface area contributed by atoms with Gasteiger partial charge in [-0.25, -0.2) is 0 Å². The van der Waals surface area contributed by atoms with Gasteiger partial charge in [0.2, 0.25) is 11.2 Å². The maximum absolute atomic E-state index is 4.80. The maximum Gasteiger partial charge on any atom is 0.225 e. The zero-order valence-electron chi connectivity index (χ0n) is 7.33. The molecule has 0 saturated heterocycles. The lowest BCUT2D eigenvalue weighted by molar-refractivity contribution is 0.0588. The molecule has 1 aromatic heterocycles. The van der Waals surface area contributed by atoms with Crippen LogP contribution in [0, 0.1) is 5.92 Å². The highest BCUT2D eigenvalue weighted by molar-refractivity contribution is 5.71. The van der Waals surface area contributed by atoms with Crippen molar-refractivity contribution in [3.8, 4) is 0 Å². The van der Waals surface area contributed by atoms with Crippen molar-refractivity contribution in [1.82, 2.24) is 0 Å². The van der Waals surface area contributed by atoms with E-state index in [4.69, 9.17) is 9.15 Å². The van der Waals surface area contributed by atoms with E-state index in [1.54, 1.807) is 0 Å². The van der Waals surface area contributed by atoms with E-state index in [9.17, 15) is 0 Å². The van der Waals surface area contributed by atoms with Gasteiger partial charge in [0.25, 0.3) is 0 Å². The lowest BCUT2D eigenvalue weighted by Crippen LogP contribution is -1.93. The summed E-state index contributed by atoms with van der Waals surface area (Å²) >= 11 is 0. The second-order valence-electron chi connectivity index (χ2n) is 3.55. The molecule has 0 bridgehead atoms. The molecule has 0 atom stereocenters. The van der Waals surface area contributed by atoms with E-state index in [1.165, 1.54) is 5.56 Å². The van der Waals surface area contributed by atoms with E-state index in [2.05, 4.69) is 19.9 Å². The molecular weight excluding hydrogens is 152 g/mol. The quantitative estimate of drug-likeness (QED) is 0.637. The average Bonchev–Trinajstić information content (AvgIpc) is 1.94. The summed E-state index contributed by atoms with van der Waals surface area (Å²) in [6.07, 6.45) is 1.09. The van der Waals surface area contributed by atoms with Crippen molar-refractivity contribution in [3.63, 3.8) is 0 Å². The molecule has 0 aliphatic heterocycles. The van der Waals surface area contributed by atoms with Crippen LogP contribution in [0.2, 0.25) is 0 Å². The summed E-state index contributed by atoms with van der Waals surface area (Å²) in [5.41, 5.74) is 3.03.